The van der Waals surface area contributed by atoms with Gasteiger partial charge in [-0.3, -0.25) is 0 Å². The lowest BCUT2D eigenvalue weighted by Gasteiger charge is -2.25. The van der Waals surface area contributed by atoms with Gasteiger partial charge in [-0.2, -0.15) is 0 Å². The summed E-state index contributed by atoms with van der Waals surface area (Å²) in [6, 6.07) is 5.93. The highest BCUT2D eigenvalue weighted by Gasteiger charge is 2.22. The molecule has 0 saturated carbocycles. The van der Waals surface area contributed by atoms with E-state index in [9.17, 15) is 0 Å². The van der Waals surface area contributed by atoms with Crippen LogP contribution in [-0.4, -0.2) is 7.11 Å². The molecule has 0 saturated heterocycles. The van der Waals surface area contributed by atoms with Crippen LogP contribution in [-0.2, 0) is 5.54 Å². The number of hydrogen-bond donors (Lipinski definition) is 1. The lowest BCUT2D eigenvalue weighted by Crippen LogP contribution is -2.32. The van der Waals surface area contributed by atoms with E-state index in [1.54, 1.807) is 7.11 Å². The van der Waals surface area contributed by atoms with Crippen molar-refractivity contribution < 1.29 is 4.74 Å². The first-order valence-electron chi connectivity index (χ1n) is 4.64. The van der Waals surface area contributed by atoms with Crippen molar-refractivity contribution >= 4 is 15.9 Å². The van der Waals surface area contributed by atoms with Crippen molar-refractivity contribution in [1.29, 1.82) is 0 Å². The van der Waals surface area contributed by atoms with Gasteiger partial charge in [0.15, 0.2) is 0 Å². The van der Waals surface area contributed by atoms with Crippen molar-refractivity contribution in [3.63, 3.8) is 0 Å². The van der Waals surface area contributed by atoms with Gasteiger partial charge in [-0.1, -0.05) is 28.9 Å². The summed E-state index contributed by atoms with van der Waals surface area (Å²) in [5.41, 5.74) is 6.89. The highest BCUT2D eigenvalue weighted by molar-refractivity contribution is 9.10. The topological polar surface area (TPSA) is 35.2 Å². The molecule has 1 aromatic carbocycles. The van der Waals surface area contributed by atoms with Crippen molar-refractivity contribution in [3.05, 3.63) is 28.2 Å². The molecule has 1 atom stereocenters. The maximum Gasteiger partial charge on any atom is 0.125 e. The number of benzene rings is 1. The fraction of sp³-hybridized carbons (Fsp3) is 0.455. The lowest BCUT2D eigenvalue weighted by molar-refractivity contribution is 0.383. The first-order valence-corrected chi connectivity index (χ1v) is 5.43. The molecule has 14 heavy (non-hydrogen) atoms. The molecule has 3 heteroatoms. The van der Waals surface area contributed by atoms with Crippen molar-refractivity contribution in [2.45, 2.75) is 25.8 Å². The molecule has 1 rings (SSSR count). The van der Waals surface area contributed by atoms with Crippen LogP contribution < -0.4 is 10.5 Å². The van der Waals surface area contributed by atoms with E-state index < -0.39 is 0 Å². The summed E-state index contributed by atoms with van der Waals surface area (Å²) in [4.78, 5) is 0. The normalized spacial score (nSPS) is 14.9. The summed E-state index contributed by atoms with van der Waals surface area (Å²) in [7, 11) is 1.66. The maximum absolute atomic E-state index is 6.17. The Morgan fingerprint density at radius 1 is 1.50 bits per heavy atom. The van der Waals surface area contributed by atoms with Crippen LogP contribution in [0.2, 0.25) is 0 Å². The number of nitrogens with two attached hydrogens (primary N) is 1. The van der Waals surface area contributed by atoms with Crippen LogP contribution in [0.4, 0.5) is 0 Å². The Bertz CT molecular complexity index is 323. The minimum absolute atomic E-state index is 0.327. The molecule has 1 aromatic rings. The molecular weight excluding hydrogens is 242 g/mol. The Hall–Kier alpha value is -0.540. The summed E-state index contributed by atoms with van der Waals surface area (Å²) in [6.07, 6.45) is 0.880. The summed E-state index contributed by atoms with van der Waals surface area (Å²) in [5.74, 6) is 0.839. The molecule has 2 N–H and O–H groups in total. The molecule has 0 aliphatic carbocycles. The van der Waals surface area contributed by atoms with Gasteiger partial charge in [0.25, 0.3) is 0 Å². The van der Waals surface area contributed by atoms with Gasteiger partial charge in [0.1, 0.15) is 5.75 Å². The highest BCUT2D eigenvalue weighted by Crippen LogP contribution is 2.32. The largest absolute Gasteiger partial charge is 0.496 e. The average Bonchev–Trinajstić information content (AvgIpc) is 2.17. The molecule has 0 aliphatic heterocycles. The Morgan fingerprint density at radius 3 is 2.64 bits per heavy atom. The second-order valence-corrected chi connectivity index (χ2v) is 4.53. The van der Waals surface area contributed by atoms with Crippen LogP contribution in [0.15, 0.2) is 22.7 Å². The monoisotopic (exact) mass is 257 g/mol. The van der Waals surface area contributed by atoms with Gasteiger partial charge in [-0.15, -0.1) is 0 Å². The third kappa shape index (κ3) is 2.28. The number of ether oxygens (including phenoxy) is 1. The third-order valence-corrected chi connectivity index (χ3v) is 3.01. The first kappa shape index (κ1) is 11.5. The zero-order chi connectivity index (χ0) is 10.8. The minimum atomic E-state index is -0.327. The van der Waals surface area contributed by atoms with Crippen molar-refractivity contribution in [3.8, 4) is 5.75 Å². The van der Waals surface area contributed by atoms with Gasteiger partial charge in [0.2, 0.25) is 0 Å². The molecule has 0 aliphatic rings. The van der Waals surface area contributed by atoms with E-state index in [0.717, 1.165) is 22.2 Å². The molecule has 1 unspecified atom stereocenters. The number of hydrogen-bond acceptors (Lipinski definition) is 2. The van der Waals surface area contributed by atoms with Crippen LogP contribution in [0.5, 0.6) is 5.75 Å². The minimum Gasteiger partial charge on any atom is -0.496 e. The fourth-order valence-electron chi connectivity index (χ4n) is 1.33. The summed E-state index contributed by atoms with van der Waals surface area (Å²) < 4.78 is 6.31. The number of halogens is 1. The van der Waals surface area contributed by atoms with E-state index in [1.807, 2.05) is 25.1 Å². The maximum atomic E-state index is 6.17. The van der Waals surface area contributed by atoms with Gasteiger partial charge >= 0.3 is 0 Å². The van der Waals surface area contributed by atoms with Crippen LogP contribution in [0.1, 0.15) is 25.8 Å². The van der Waals surface area contributed by atoms with E-state index in [1.165, 1.54) is 0 Å². The SMILES string of the molecule is CCC(C)(N)c1ccc(Br)cc1OC. The van der Waals surface area contributed by atoms with Crippen LogP contribution >= 0.6 is 15.9 Å². The zero-order valence-electron chi connectivity index (χ0n) is 8.80. The highest BCUT2D eigenvalue weighted by atomic mass is 79.9. The summed E-state index contributed by atoms with van der Waals surface area (Å²) in [5, 5.41) is 0. The summed E-state index contributed by atoms with van der Waals surface area (Å²) >= 11 is 3.40. The van der Waals surface area contributed by atoms with E-state index in [-0.39, 0.29) is 5.54 Å². The molecule has 0 fully saturated rings. The predicted octanol–water partition coefficient (Wildman–Crippen LogP) is 3.04. The van der Waals surface area contributed by atoms with Gasteiger partial charge in [0.05, 0.1) is 7.11 Å². The van der Waals surface area contributed by atoms with Crippen LogP contribution in [0.3, 0.4) is 0 Å². The number of methoxy groups -OCH3 is 1. The molecule has 0 spiro atoms. The average molecular weight is 258 g/mol. The van der Waals surface area contributed by atoms with E-state index in [0.29, 0.717) is 0 Å². The first-order chi connectivity index (χ1) is 6.51. The second-order valence-electron chi connectivity index (χ2n) is 3.62. The second kappa shape index (κ2) is 4.32. The standard InChI is InChI=1S/C11H16BrNO/c1-4-11(2,13)9-6-5-8(12)7-10(9)14-3/h5-7H,4,13H2,1-3H3. The van der Waals surface area contributed by atoms with Crippen molar-refractivity contribution in [1.82, 2.24) is 0 Å². The van der Waals surface area contributed by atoms with E-state index in [4.69, 9.17) is 10.5 Å². The molecule has 0 amide bonds. The lowest BCUT2D eigenvalue weighted by atomic mass is 9.90. The summed E-state index contributed by atoms with van der Waals surface area (Å²) in [6.45, 7) is 4.08. The molecule has 0 radical (unpaired) electrons. The van der Waals surface area contributed by atoms with Crippen LogP contribution in [0.25, 0.3) is 0 Å². The van der Waals surface area contributed by atoms with E-state index >= 15 is 0 Å². The zero-order valence-corrected chi connectivity index (χ0v) is 10.4. The van der Waals surface area contributed by atoms with E-state index in [2.05, 4.69) is 22.9 Å². The molecular formula is C11H16BrNO. The third-order valence-electron chi connectivity index (χ3n) is 2.51. The molecule has 0 heterocycles. The quantitative estimate of drug-likeness (QED) is 0.904. The Labute approximate surface area is 93.6 Å². The van der Waals surface area contributed by atoms with Gasteiger partial charge in [0, 0.05) is 15.6 Å². The van der Waals surface area contributed by atoms with Crippen molar-refractivity contribution in [2.75, 3.05) is 7.11 Å². The molecule has 2 nitrogen and oxygen atoms in total. The fourth-order valence-corrected chi connectivity index (χ4v) is 1.67. The smallest absolute Gasteiger partial charge is 0.125 e. The van der Waals surface area contributed by atoms with Gasteiger partial charge in [-0.25, -0.2) is 0 Å². The van der Waals surface area contributed by atoms with Gasteiger partial charge in [-0.05, 0) is 25.5 Å². The molecule has 0 aromatic heterocycles. The Balaban J connectivity index is 3.20. The Kier molecular flexibility index (Phi) is 3.56. The van der Waals surface area contributed by atoms with Crippen molar-refractivity contribution in [2.24, 2.45) is 5.73 Å². The molecule has 78 valence electrons. The number of rotatable bonds is 3. The van der Waals surface area contributed by atoms with Crippen LogP contribution in [0, 0.1) is 0 Å². The van der Waals surface area contributed by atoms with Gasteiger partial charge < -0.3 is 10.5 Å². The molecule has 0 bridgehead atoms. The predicted molar refractivity (Wildman–Crippen MR) is 62.5 cm³/mol. The Morgan fingerprint density at radius 2 is 2.14 bits per heavy atom.